The van der Waals surface area contributed by atoms with Crippen molar-refractivity contribution in [2.75, 3.05) is 4.90 Å². The Bertz CT molecular complexity index is 2890. The minimum Gasteiger partial charge on any atom is -0.436 e. The van der Waals surface area contributed by atoms with Gasteiger partial charge in [0, 0.05) is 41.9 Å². The summed E-state index contributed by atoms with van der Waals surface area (Å²) < 4.78 is 6.21. The number of para-hydroxylation sites is 2. The summed E-state index contributed by atoms with van der Waals surface area (Å²) in [6, 6.07) is 65.4. The van der Waals surface area contributed by atoms with Crippen molar-refractivity contribution >= 4 is 72.4 Å². The second-order valence-corrected chi connectivity index (χ2v) is 15.7. The number of aromatic nitrogens is 1. The van der Waals surface area contributed by atoms with E-state index in [9.17, 15) is 0 Å². The maximum absolute atomic E-state index is 6.21. The van der Waals surface area contributed by atoms with Crippen molar-refractivity contribution in [3.63, 3.8) is 0 Å². The van der Waals surface area contributed by atoms with E-state index in [-0.39, 0.29) is 0 Å². The van der Waals surface area contributed by atoms with Crippen LogP contribution in [-0.2, 0) is 0 Å². The zero-order chi connectivity index (χ0) is 35.6. The van der Waals surface area contributed by atoms with Gasteiger partial charge in [-0.3, -0.25) is 0 Å². The Morgan fingerprint density at radius 1 is 0.407 bits per heavy atom. The number of benzene rings is 6. The van der Waals surface area contributed by atoms with Gasteiger partial charge in [0.25, 0.3) is 0 Å². The van der Waals surface area contributed by atoms with Gasteiger partial charge in [-0.25, -0.2) is 4.98 Å². The summed E-state index contributed by atoms with van der Waals surface area (Å²) in [5, 5.41) is 4.85. The Kier molecular flexibility index (Phi) is 7.22. The van der Waals surface area contributed by atoms with Crippen molar-refractivity contribution in [3.8, 4) is 53.2 Å². The molecule has 0 N–H and O–H groups in total. The first kappa shape index (κ1) is 31.0. The molecule has 0 unspecified atom stereocenters. The first-order valence-corrected chi connectivity index (χ1v) is 19.7. The Morgan fingerprint density at radius 3 is 1.54 bits per heavy atom. The highest BCUT2D eigenvalue weighted by atomic mass is 32.1. The number of rotatable bonds is 6. The van der Waals surface area contributed by atoms with Crippen LogP contribution in [0.2, 0.25) is 0 Å². The molecule has 0 fully saturated rings. The average Bonchev–Trinajstić information content (AvgIpc) is 4.01. The zero-order valence-corrected chi connectivity index (χ0v) is 30.6. The quantitative estimate of drug-likeness (QED) is 0.171. The highest BCUT2D eigenvalue weighted by Crippen LogP contribution is 2.51. The molecule has 2 aliphatic carbocycles. The van der Waals surface area contributed by atoms with Gasteiger partial charge in [-0.05, 0) is 105 Å². The normalized spacial score (nSPS) is 11.7. The van der Waals surface area contributed by atoms with Crippen LogP contribution in [0.15, 0.2) is 186 Å². The summed E-state index contributed by atoms with van der Waals surface area (Å²) in [7, 11) is 0. The molecule has 0 atom stereocenters. The van der Waals surface area contributed by atoms with Gasteiger partial charge in [0.05, 0.1) is 11.4 Å². The number of anilines is 3. The summed E-state index contributed by atoms with van der Waals surface area (Å²) in [6.45, 7) is 0. The van der Waals surface area contributed by atoms with E-state index in [2.05, 4.69) is 163 Å². The summed E-state index contributed by atoms with van der Waals surface area (Å²) in [4.78, 5) is 12.3. The number of hydrogen-bond acceptors (Lipinski definition) is 5. The van der Waals surface area contributed by atoms with E-state index in [0.717, 1.165) is 33.7 Å². The fourth-order valence-electron chi connectivity index (χ4n) is 7.77. The van der Waals surface area contributed by atoms with E-state index in [1.54, 1.807) is 0 Å². The molecule has 3 nitrogen and oxygen atoms in total. The van der Waals surface area contributed by atoms with E-state index in [1.807, 2.05) is 46.9 Å². The topological polar surface area (TPSA) is 29.3 Å². The lowest BCUT2D eigenvalue weighted by Crippen LogP contribution is -2.13. The molecular formula is C49H30N2OS2. The maximum Gasteiger partial charge on any atom is 0.227 e. The molecule has 5 heteroatoms. The van der Waals surface area contributed by atoms with E-state index in [1.165, 1.54) is 63.3 Å². The Morgan fingerprint density at radius 2 is 0.944 bits per heavy atom. The lowest BCUT2D eigenvalue weighted by Gasteiger charge is -2.31. The van der Waals surface area contributed by atoms with Gasteiger partial charge in [-0.1, -0.05) is 109 Å². The maximum atomic E-state index is 6.21. The number of hydrogen-bond donors (Lipinski definition) is 0. The number of nitrogens with zero attached hydrogens (tertiary/aromatic N) is 2. The number of oxazole rings is 1. The smallest absolute Gasteiger partial charge is 0.227 e. The molecular weight excluding hydrogens is 697 g/mol. The van der Waals surface area contributed by atoms with E-state index in [4.69, 9.17) is 9.40 Å². The summed E-state index contributed by atoms with van der Waals surface area (Å²) in [6.07, 6.45) is 0. The minimum atomic E-state index is 0.613. The van der Waals surface area contributed by atoms with Crippen molar-refractivity contribution in [1.82, 2.24) is 4.98 Å². The van der Waals surface area contributed by atoms with Crippen molar-refractivity contribution in [2.45, 2.75) is 0 Å². The molecule has 254 valence electrons. The SMILES string of the molecule is c1cc2ccc(-c3c(N(c4ccc(-c5nc6ccccc6o5)cc4)c4ccc5ccccc5c4-c4ccc5cccc-5s4)ccc4ccccc34)sc-2c1. The predicted octanol–water partition coefficient (Wildman–Crippen LogP) is 14.9. The highest BCUT2D eigenvalue weighted by molar-refractivity contribution is 7.19. The van der Waals surface area contributed by atoms with Gasteiger partial charge in [0.1, 0.15) is 5.52 Å². The Labute approximate surface area is 320 Å². The van der Waals surface area contributed by atoms with Crippen LogP contribution < -0.4 is 4.90 Å². The fraction of sp³-hybridized carbons (Fsp3) is 0. The Hall–Kier alpha value is -6.53. The highest BCUT2D eigenvalue weighted by Gasteiger charge is 2.25. The average molecular weight is 727 g/mol. The summed E-state index contributed by atoms with van der Waals surface area (Å²) in [5.41, 5.74) is 10.8. The molecule has 2 aliphatic heterocycles. The third-order valence-corrected chi connectivity index (χ3v) is 12.6. The zero-order valence-electron chi connectivity index (χ0n) is 28.9. The lowest BCUT2D eigenvalue weighted by molar-refractivity contribution is 0.620. The van der Waals surface area contributed by atoms with Gasteiger partial charge in [0.15, 0.2) is 5.58 Å². The monoisotopic (exact) mass is 726 g/mol. The van der Waals surface area contributed by atoms with Crippen LogP contribution in [-0.4, -0.2) is 4.98 Å². The van der Waals surface area contributed by atoms with Crippen LogP contribution in [0.25, 0.3) is 85.9 Å². The van der Waals surface area contributed by atoms with E-state index < -0.39 is 0 Å². The van der Waals surface area contributed by atoms with Crippen molar-refractivity contribution < 1.29 is 4.42 Å². The van der Waals surface area contributed by atoms with Gasteiger partial charge in [-0.15, -0.1) is 22.7 Å². The third-order valence-electron chi connectivity index (χ3n) is 10.3. The largest absolute Gasteiger partial charge is 0.436 e. The van der Waals surface area contributed by atoms with Gasteiger partial charge >= 0.3 is 0 Å². The molecule has 7 aromatic rings. The molecule has 0 bridgehead atoms. The van der Waals surface area contributed by atoms with Crippen LogP contribution in [0.3, 0.4) is 0 Å². The van der Waals surface area contributed by atoms with Gasteiger partial charge in [0.2, 0.25) is 5.89 Å². The second kappa shape index (κ2) is 12.6. The molecule has 6 aromatic carbocycles. The Balaban J connectivity index is 1.20. The molecule has 11 rings (SSSR count). The lowest BCUT2D eigenvalue weighted by atomic mass is 9.96. The predicted molar refractivity (Wildman–Crippen MR) is 229 cm³/mol. The van der Waals surface area contributed by atoms with Crippen molar-refractivity contribution in [2.24, 2.45) is 0 Å². The second-order valence-electron chi connectivity index (χ2n) is 13.5. The van der Waals surface area contributed by atoms with Gasteiger partial charge < -0.3 is 9.32 Å². The number of fused-ring (bicyclic) bond motifs is 5. The molecule has 3 heterocycles. The molecule has 54 heavy (non-hydrogen) atoms. The van der Waals surface area contributed by atoms with E-state index >= 15 is 0 Å². The molecule has 4 aliphatic rings. The van der Waals surface area contributed by atoms with E-state index in [0.29, 0.717) is 5.89 Å². The van der Waals surface area contributed by atoms with Crippen LogP contribution in [0.5, 0.6) is 0 Å². The molecule has 0 spiro atoms. The van der Waals surface area contributed by atoms with Crippen LogP contribution in [0.1, 0.15) is 0 Å². The molecule has 1 aromatic heterocycles. The van der Waals surface area contributed by atoms with Gasteiger partial charge in [-0.2, -0.15) is 0 Å². The molecule has 0 saturated heterocycles. The summed E-state index contributed by atoms with van der Waals surface area (Å²) >= 11 is 3.69. The molecule has 0 saturated carbocycles. The first-order chi connectivity index (χ1) is 26.7. The summed E-state index contributed by atoms with van der Waals surface area (Å²) in [5.74, 6) is 0.613. The fourth-order valence-corrected chi connectivity index (χ4v) is 9.95. The standard InChI is InChI=1S/C49H30N2OS2/c1-3-13-37-31(9-1)21-27-40(47(37)45-29-23-33-11-7-17-43(33)53-45)51(36-25-19-35(20-26-36)49-50-39-15-5-6-16-42(39)52-49)41-28-22-32-10-2-4-14-38(32)48(41)46-30-24-34-12-8-18-44(34)54-46/h1-30H. The van der Waals surface area contributed by atoms with Crippen molar-refractivity contribution in [3.05, 3.63) is 182 Å². The first-order valence-electron chi connectivity index (χ1n) is 18.0. The van der Waals surface area contributed by atoms with Crippen LogP contribution >= 0.6 is 22.7 Å². The molecule has 0 amide bonds. The van der Waals surface area contributed by atoms with Crippen LogP contribution in [0, 0.1) is 0 Å². The van der Waals surface area contributed by atoms with Crippen LogP contribution in [0.4, 0.5) is 17.1 Å². The third kappa shape index (κ3) is 5.12. The minimum absolute atomic E-state index is 0.613. The van der Waals surface area contributed by atoms with Crippen molar-refractivity contribution in [1.29, 1.82) is 0 Å². The molecule has 0 radical (unpaired) electrons.